The zero-order valence-electron chi connectivity index (χ0n) is 29.0. The summed E-state index contributed by atoms with van der Waals surface area (Å²) in [7, 11) is 3.12. The maximum absolute atomic E-state index is 13.6. The largest absolute Gasteiger partial charge is 0.493 e. The van der Waals surface area contributed by atoms with Crippen molar-refractivity contribution in [3.8, 4) is 17.2 Å². The van der Waals surface area contributed by atoms with Gasteiger partial charge in [-0.25, -0.2) is 9.78 Å². The number of likely N-dealkylation sites (tertiary alicyclic amines) is 1. The van der Waals surface area contributed by atoms with Crippen molar-refractivity contribution in [2.24, 2.45) is 0 Å². The quantitative estimate of drug-likeness (QED) is 0.267. The molecule has 2 saturated heterocycles. The minimum Gasteiger partial charge on any atom is -0.493 e. The van der Waals surface area contributed by atoms with Crippen LogP contribution in [0.3, 0.4) is 0 Å². The molecule has 0 bridgehead atoms. The first-order valence-corrected chi connectivity index (χ1v) is 16.9. The fraction of sp³-hybridized carbons (Fsp3) is 0.444. The van der Waals surface area contributed by atoms with E-state index >= 15 is 0 Å². The van der Waals surface area contributed by atoms with Gasteiger partial charge in [-0.2, -0.15) is 0 Å². The minimum atomic E-state index is -1.16. The second kappa shape index (κ2) is 16.9. The van der Waals surface area contributed by atoms with Crippen LogP contribution in [0.25, 0.3) is 10.9 Å². The number of hydrogen-bond acceptors (Lipinski definition) is 10. The maximum Gasteiger partial charge on any atom is 0.409 e. The highest BCUT2D eigenvalue weighted by Gasteiger charge is 2.33. The molecule has 4 amide bonds. The molecule has 3 heterocycles. The molecule has 2 N–H and O–H groups in total. The van der Waals surface area contributed by atoms with Crippen LogP contribution in [0, 0.1) is 0 Å². The number of carboxylic acids is 1. The smallest absolute Gasteiger partial charge is 0.409 e. The SMILES string of the molecule is CCOC(=O)N1CCN(C(=O)[C@H](CCC(=O)O)NC(=O)c2cc(OCC(=O)N3CCCC3c3ccc(OC)c(OC)c3)c3ccccc3n2)CC1. The number of piperazine rings is 1. The Morgan fingerprint density at radius 2 is 1.65 bits per heavy atom. The number of fused-ring (bicyclic) bond motifs is 1. The first-order chi connectivity index (χ1) is 24.6. The minimum absolute atomic E-state index is 0.0687. The number of hydrogen-bond donors (Lipinski definition) is 2. The maximum atomic E-state index is 13.6. The summed E-state index contributed by atoms with van der Waals surface area (Å²) in [4.78, 5) is 73.5. The predicted octanol–water partition coefficient (Wildman–Crippen LogP) is 3.26. The Balaban J connectivity index is 1.30. The number of benzene rings is 2. The average molecular weight is 706 g/mol. The summed E-state index contributed by atoms with van der Waals surface area (Å²) in [5.74, 6) is -1.11. The normalized spacial score (nSPS) is 16.4. The van der Waals surface area contributed by atoms with Crippen molar-refractivity contribution in [2.45, 2.75) is 44.7 Å². The molecule has 0 aliphatic carbocycles. The van der Waals surface area contributed by atoms with E-state index in [-0.39, 0.29) is 75.6 Å². The van der Waals surface area contributed by atoms with Gasteiger partial charge in [0.1, 0.15) is 17.5 Å². The molecule has 2 fully saturated rings. The molecule has 0 saturated carbocycles. The number of aromatic nitrogens is 1. The van der Waals surface area contributed by atoms with E-state index in [1.165, 1.54) is 15.9 Å². The van der Waals surface area contributed by atoms with Crippen LogP contribution in [0.2, 0.25) is 0 Å². The molecule has 0 spiro atoms. The van der Waals surface area contributed by atoms with Gasteiger partial charge in [0.15, 0.2) is 18.1 Å². The second-order valence-corrected chi connectivity index (χ2v) is 12.1. The Kier molecular flexibility index (Phi) is 12.1. The van der Waals surface area contributed by atoms with Gasteiger partial charge in [0.2, 0.25) is 5.91 Å². The highest BCUT2D eigenvalue weighted by atomic mass is 16.6. The van der Waals surface area contributed by atoms with Crippen molar-refractivity contribution in [1.29, 1.82) is 0 Å². The lowest BCUT2D eigenvalue weighted by molar-refractivity contribution is -0.138. The molecule has 5 rings (SSSR count). The van der Waals surface area contributed by atoms with Crippen molar-refractivity contribution in [2.75, 3.05) is 60.2 Å². The van der Waals surface area contributed by atoms with Crippen LogP contribution in [0.5, 0.6) is 17.2 Å². The number of ether oxygens (including phenoxy) is 4. The number of amides is 4. The lowest BCUT2D eigenvalue weighted by Gasteiger charge is -2.35. The lowest BCUT2D eigenvalue weighted by atomic mass is 10.0. The van der Waals surface area contributed by atoms with Gasteiger partial charge in [0, 0.05) is 50.6 Å². The Morgan fingerprint density at radius 3 is 2.35 bits per heavy atom. The number of para-hydroxylation sites is 1. The summed E-state index contributed by atoms with van der Waals surface area (Å²) in [5.41, 5.74) is 1.28. The number of pyridine rings is 1. The molecule has 15 nitrogen and oxygen atoms in total. The molecule has 2 atom stereocenters. The van der Waals surface area contributed by atoms with E-state index in [0.29, 0.717) is 28.9 Å². The number of nitrogens with one attached hydrogen (secondary N) is 1. The van der Waals surface area contributed by atoms with Crippen molar-refractivity contribution in [3.05, 3.63) is 59.8 Å². The summed E-state index contributed by atoms with van der Waals surface area (Å²) < 4.78 is 21.9. The fourth-order valence-corrected chi connectivity index (χ4v) is 6.38. The van der Waals surface area contributed by atoms with Crippen molar-refractivity contribution < 1.29 is 48.0 Å². The molecule has 2 aliphatic rings. The number of aliphatic carboxylic acids is 1. The molecule has 2 aliphatic heterocycles. The van der Waals surface area contributed by atoms with Crippen LogP contribution < -0.4 is 19.5 Å². The van der Waals surface area contributed by atoms with Crippen LogP contribution >= 0.6 is 0 Å². The zero-order chi connectivity index (χ0) is 36.5. The van der Waals surface area contributed by atoms with Gasteiger partial charge < -0.3 is 44.1 Å². The van der Waals surface area contributed by atoms with Gasteiger partial charge in [0.25, 0.3) is 11.8 Å². The third-order valence-corrected chi connectivity index (χ3v) is 9.00. The number of methoxy groups -OCH3 is 2. The third-order valence-electron chi connectivity index (χ3n) is 9.00. The van der Waals surface area contributed by atoms with Gasteiger partial charge in [-0.3, -0.25) is 19.2 Å². The zero-order valence-corrected chi connectivity index (χ0v) is 29.0. The molecule has 51 heavy (non-hydrogen) atoms. The Morgan fingerprint density at radius 1 is 0.922 bits per heavy atom. The van der Waals surface area contributed by atoms with Crippen molar-refractivity contribution in [1.82, 2.24) is 25.0 Å². The summed E-state index contributed by atoms with van der Waals surface area (Å²) in [6.45, 7) is 3.06. The molecule has 1 unspecified atom stereocenters. The summed E-state index contributed by atoms with van der Waals surface area (Å²) >= 11 is 0. The van der Waals surface area contributed by atoms with E-state index < -0.39 is 29.9 Å². The van der Waals surface area contributed by atoms with E-state index in [2.05, 4.69) is 10.3 Å². The molecule has 272 valence electrons. The first kappa shape index (κ1) is 36.7. The Hall–Kier alpha value is -5.60. The summed E-state index contributed by atoms with van der Waals surface area (Å²) in [5, 5.41) is 12.6. The van der Waals surface area contributed by atoms with Crippen LogP contribution in [0.15, 0.2) is 48.5 Å². The molecular weight excluding hydrogens is 662 g/mol. The van der Waals surface area contributed by atoms with Crippen molar-refractivity contribution >= 4 is 40.7 Å². The molecule has 15 heteroatoms. The number of carboxylic acid groups (broad SMARTS) is 1. The van der Waals surface area contributed by atoms with E-state index in [1.807, 2.05) is 18.2 Å². The van der Waals surface area contributed by atoms with Crippen molar-refractivity contribution in [3.63, 3.8) is 0 Å². The molecule has 1 aromatic heterocycles. The number of carbonyl (C=O) groups is 5. The molecule has 2 aromatic carbocycles. The predicted molar refractivity (Wildman–Crippen MR) is 184 cm³/mol. The van der Waals surface area contributed by atoms with Crippen LogP contribution in [-0.2, 0) is 19.1 Å². The van der Waals surface area contributed by atoms with Gasteiger partial charge >= 0.3 is 12.1 Å². The highest BCUT2D eigenvalue weighted by molar-refractivity contribution is 5.99. The second-order valence-electron chi connectivity index (χ2n) is 12.1. The standard InChI is InChI=1S/C36H43N5O10/c1-4-50-36(47)40-18-16-39(17-19-40)35(46)26(12-14-33(43)44)38-34(45)27-21-30(24-8-5-6-9-25(24)37-27)51-22-32(42)41-15-7-10-28(41)23-11-13-29(48-2)31(20-23)49-3/h5-6,8-9,11,13,20-21,26,28H,4,7,10,12,14-19,22H2,1-3H3,(H,38,45)(H,43,44)/t26-,28?/m0/s1. The van der Waals surface area contributed by atoms with E-state index in [1.54, 1.807) is 50.3 Å². The van der Waals surface area contributed by atoms with Gasteiger partial charge in [-0.1, -0.05) is 18.2 Å². The molecule has 0 radical (unpaired) electrons. The molecular formula is C36H43N5O10. The topological polar surface area (TPSA) is 177 Å². The van der Waals surface area contributed by atoms with Gasteiger partial charge in [-0.05, 0) is 56.0 Å². The third kappa shape index (κ3) is 8.77. The average Bonchev–Trinajstić information content (AvgIpc) is 3.65. The highest BCUT2D eigenvalue weighted by Crippen LogP contribution is 2.37. The summed E-state index contributed by atoms with van der Waals surface area (Å²) in [6.07, 6.45) is 0.603. The van der Waals surface area contributed by atoms with E-state index in [4.69, 9.17) is 18.9 Å². The number of carbonyl (C=O) groups excluding carboxylic acids is 4. The lowest BCUT2D eigenvalue weighted by Crippen LogP contribution is -2.56. The number of nitrogens with zero attached hydrogens (tertiary/aromatic N) is 4. The molecule has 3 aromatic rings. The Labute approximate surface area is 295 Å². The fourth-order valence-electron chi connectivity index (χ4n) is 6.38. The Bertz CT molecular complexity index is 1760. The van der Waals surface area contributed by atoms with Gasteiger partial charge in [0.05, 0.1) is 32.4 Å². The summed E-state index contributed by atoms with van der Waals surface area (Å²) in [6, 6.07) is 12.7. The van der Waals surface area contributed by atoms with E-state index in [0.717, 1.165) is 18.4 Å². The van der Waals surface area contributed by atoms with E-state index in [9.17, 15) is 29.1 Å². The first-order valence-electron chi connectivity index (χ1n) is 16.9. The number of rotatable bonds is 13. The van der Waals surface area contributed by atoms with Crippen LogP contribution in [0.4, 0.5) is 4.79 Å². The van der Waals surface area contributed by atoms with Crippen LogP contribution in [0.1, 0.15) is 54.7 Å². The van der Waals surface area contributed by atoms with Crippen LogP contribution in [-0.4, -0.2) is 121 Å². The van der Waals surface area contributed by atoms with Gasteiger partial charge in [-0.15, -0.1) is 0 Å². The monoisotopic (exact) mass is 705 g/mol.